The Morgan fingerprint density at radius 2 is 2.31 bits per heavy atom. The zero-order chi connectivity index (χ0) is 11.5. The molecular formula is C12H12ClNO2. The highest BCUT2D eigenvalue weighted by atomic mass is 35.5. The number of rotatable bonds is 3. The van der Waals surface area contributed by atoms with Crippen molar-refractivity contribution in [1.82, 2.24) is 4.98 Å². The van der Waals surface area contributed by atoms with Crippen LogP contribution in [0.2, 0.25) is 5.02 Å². The number of aliphatic hydroxyl groups excluding tert-OH is 1. The molecule has 0 aliphatic rings. The Balaban J connectivity index is 2.24. The second kappa shape index (κ2) is 4.68. The summed E-state index contributed by atoms with van der Waals surface area (Å²) >= 11 is 5.88. The van der Waals surface area contributed by atoms with Gasteiger partial charge in [0.2, 0.25) is 5.89 Å². The van der Waals surface area contributed by atoms with Gasteiger partial charge in [0, 0.05) is 17.0 Å². The Kier molecular flexibility index (Phi) is 3.27. The third-order valence-electron chi connectivity index (χ3n) is 2.13. The molecule has 0 aliphatic heterocycles. The molecule has 2 rings (SSSR count). The number of hydrogen-bond donors (Lipinski definition) is 1. The molecule has 0 fully saturated rings. The van der Waals surface area contributed by atoms with Gasteiger partial charge in [-0.2, -0.15) is 0 Å². The molecule has 0 bridgehead atoms. The van der Waals surface area contributed by atoms with E-state index in [2.05, 4.69) is 4.98 Å². The highest BCUT2D eigenvalue weighted by Gasteiger charge is 2.08. The molecule has 1 N–H and O–H groups in total. The van der Waals surface area contributed by atoms with Crippen LogP contribution in [-0.2, 0) is 6.42 Å². The van der Waals surface area contributed by atoms with Gasteiger partial charge < -0.3 is 9.52 Å². The average molecular weight is 238 g/mol. The van der Waals surface area contributed by atoms with Gasteiger partial charge in [0.1, 0.15) is 6.26 Å². The second-order valence-electron chi connectivity index (χ2n) is 3.71. The number of benzene rings is 1. The van der Waals surface area contributed by atoms with Crippen molar-refractivity contribution in [2.75, 3.05) is 0 Å². The average Bonchev–Trinajstić information content (AvgIpc) is 2.65. The Labute approximate surface area is 98.7 Å². The molecule has 16 heavy (non-hydrogen) atoms. The first-order chi connectivity index (χ1) is 7.65. The molecule has 1 aromatic carbocycles. The molecule has 0 amide bonds. The Morgan fingerprint density at radius 1 is 1.50 bits per heavy atom. The van der Waals surface area contributed by atoms with Crippen molar-refractivity contribution in [2.24, 2.45) is 0 Å². The van der Waals surface area contributed by atoms with Crippen LogP contribution in [0, 0.1) is 0 Å². The molecule has 0 aliphatic carbocycles. The minimum Gasteiger partial charge on any atom is -0.444 e. The van der Waals surface area contributed by atoms with Crippen LogP contribution in [0.5, 0.6) is 0 Å². The molecule has 1 atom stereocenters. The summed E-state index contributed by atoms with van der Waals surface area (Å²) in [4.78, 5) is 4.28. The van der Waals surface area contributed by atoms with Gasteiger partial charge in [-0.25, -0.2) is 4.98 Å². The van der Waals surface area contributed by atoms with Gasteiger partial charge in [0.05, 0.1) is 11.8 Å². The summed E-state index contributed by atoms with van der Waals surface area (Å²) in [5.74, 6) is 0.526. The molecular weight excluding hydrogens is 226 g/mol. The summed E-state index contributed by atoms with van der Waals surface area (Å²) in [6, 6.07) is 7.31. The van der Waals surface area contributed by atoms with E-state index in [0.29, 0.717) is 17.3 Å². The van der Waals surface area contributed by atoms with Gasteiger partial charge in [0.25, 0.3) is 0 Å². The fraction of sp³-hybridized carbons (Fsp3) is 0.250. The lowest BCUT2D eigenvalue weighted by Gasteiger charge is -1.97. The molecule has 0 saturated heterocycles. The number of aliphatic hydroxyl groups is 1. The largest absolute Gasteiger partial charge is 0.444 e. The SMILES string of the molecule is CC(O)Cc1coc(-c2cccc(Cl)c2)n1. The van der Waals surface area contributed by atoms with Crippen LogP contribution in [0.1, 0.15) is 12.6 Å². The van der Waals surface area contributed by atoms with Gasteiger partial charge in [-0.1, -0.05) is 17.7 Å². The van der Waals surface area contributed by atoms with Crippen molar-refractivity contribution in [1.29, 1.82) is 0 Å². The van der Waals surface area contributed by atoms with Crippen LogP contribution in [-0.4, -0.2) is 16.2 Å². The van der Waals surface area contributed by atoms with Crippen molar-refractivity contribution < 1.29 is 9.52 Å². The molecule has 1 unspecified atom stereocenters. The third-order valence-corrected chi connectivity index (χ3v) is 2.36. The van der Waals surface area contributed by atoms with Crippen molar-refractivity contribution in [2.45, 2.75) is 19.4 Å². The lowest BCUT2D eigenvalue weighted by atomic mass is 10.2. The monoisotopic (exact) mass is 237 g/mol. The van der Waals surface area contributed by atoms with Crippen LogP contribution >= 0.6 is 11.6 Å². The summed E-state index contributed by atoms with van der Waals surface area (Å²) in [7, 11) is 0. The lowest BCUT2D eigenvalue weighted by molar-refractivity contribution is 0.194. The topological polar surface area (TPSA) is 46.3 Å². The van der Waals surface area contributed by atoms with Gasteiger partial charge in [-0.05, 0) is 25.1 Å². The zero-order valence-corrected chi connectivity index (χ0v) is 9.61. The quantitative estimate of drug-likeness (QED) is 0.893. The number of hydrogen-bond acceptors (Lipinski definition) is 3. The fourth-order valence-corrected chi connectivity index (χ4v) is 1.65. The molecule has 2 aromatic rings. The van der Waals surface area contributed by atoms with Crippen molar-refractivity contribution in [3.8, 4) is 11.5 Å². The normalized spacial score (nSPS) is 12.7. The zero-order valence-electron chi connectivity index (χ0n) is 8.85. The molecule has 1 heterocycles. The van der Waals surface area contributed by atoms with E-state index in [0.717, 1.165) is 11.3 Å². The maximum absolute atomic E-state index is 9.23. The predicted molar refractivity (Wildman–Crippen MR) is 62.3 cm³/mol. The first-order valence-electron chi connectivity index (χ1n) is 5.03. The smallest absolute Gasteiger partial charge is 0.226 e. The first kappa shape index (κ1) is 11.2. The van der Waals surface area contributed by atoms with Crippen molar-refractivity contribution >= 4 is 11.6 Å². The highest BCUT2D eigenvalue weighted by molar-refractivity contribution is 6.30. The highest BCUT2D eigenvalue weighted by Crippen LogP contribution is 2.22. The van der Waals surface area contributed by atoms with E-state index in [9.17, 15) is 5.11 Å². The molecule has 84 valence electrons. The summed E-state index contributed by atoms with van der Waals surface area (Å²) in [5.41, 5.74) is 1.58. The van der Waals surface area contributed by atoms with Crippen LogP contribution in [0.3, 0.4) is 0 Å². The molecule has 3 nitrogen and oxygen atoms in total. The minimum absolute atomic E-state index is 0.419. The summed E-state index contributed by atoms with van der Waals surface area (Å²) in [5, 5.41) is 9.87. The molecule has 0 saturated carbocycles. The van der Waals surface area contributed by atoms with E-state index in [1.807, 2.05) is 12.1 Å². The van der Waals surface area contributed by atoms with Gasteiger partial charge in [-0.3, -0.25) is 0 Å². The van der Waals surface area contributed by atoms with E-state index in [4.69, 9.17) is 16.0 Å². The summed E-state index contributed by atoms with van der Waals surface area (Å²) in [6.45, 7) is 1.72. The van der Waals surface area contributed by atoms with Gasteiger partial charge >= 0.3 is 0 Å². The molecule has 4 heteroatoms. The number of oxazole rings is 1. The lowest BCUT2D eigenvalue weighted by Crippen LogP contribution is -2.04. The van der Waals surface area contributed by atoms with Crippen LogP contribution in [0.4, 0.5) is 0 Å². The maximum Gasteiger partial charge on any atom is 0.226 e. The third kappa shape index (κ3) is 2.62. The second-order valence-corrected chi connectivity index (χ2v) is 4.14. The van der Waals surface area contributed by atoms with E-state index < -0.39 is 6.10 Å². The Bertz CT molecular complexity index is 479. The van der Waals surface area contributed by atoms with Crippen molar-refractivity contribution in [3.05, 3.63) is 41.2 Å². The molecule has 0 spiro atoms. The summed E-state index contributed by atoms with van der Waals surface area (Å²) in [6.07, 6.45) is 1.63. The van der Waals surface area contributed by atoms with E-state index in [1.54, 1.807) is 25.3 Å². The minimum atomic E-state index is -0.419. The van der Waals surface area contributed by atoms with Gasteiger partial charge in [0.15, 0.2) is 0 Å². The standard InChI is InChI=1S/C12H12ClNO2/c1-8(15)5-11-7-16-12(14-11)9-3-2-4-10(13)6-9/h2-4,6-8,15H,5H2,1H3. The van der Waals surface area contributed by atoms with E-state index in [-0.39, 0.29) is 0 Å². The van der Waals surface area contributed by atoms with Crippen LogP contribution in [0.15, 0.2) is 34.9 Å². The van der Waals surface area contributed by atoms with Crippen molar-refractivity contribution in [3.63, 3.8) is 0 Å². The number of aromatic nitrogens is 1. The molecule has 0 radical (unpaired) electrons. The van der Waals surface area contributed by atoms with E-state index >= 15 is 0 Å². The first-order valence-corrected chi connectivity index (χ1v) is 5.41. The van der Waals surface area contributed by atoms with Gasteiger partial charge in [-0.15, -0.1) is 0 Å². The summed E-state index contributed by atoms with van der Waals surface area (Å²) < 4.78 is 5.33. The predicted octanol–water partition coefficient (Wildman–Crippen LogP) is 2.92. The maximum atomic E-state index is 9.23. The van der Waals surface area contributed by atoms with Crippen LogP contribution in [0.25, 0.3) is 11.5 Å². The number of halogens is 1. The number of nitrogens with zero attached hydrogens (tertiary/aromatic N) is 1. The fourth-order valence-electron chi connectivity index (χ4n) is 1.46. The Hall–Kier alpha value is -1.32. The van der Waals surface area contributed by atoms with E-state index in [1.165, 1.54) is 0 Å². The van der Waals surface area contributed by atoms with Crippen LogP contribution < -0.4 is 0 Å². The Morgan fingerprint density at radius 3 is 3.00 bits per heavy atom. The molecule has 1 aromatic heterocycles.